The fourth-order valence-electron chi connectivity index (χ4n) is 5.16. The Hall–Kier alpha value is -4.74. The largest absolute Gasteiger partial charge is 0.480 e. The number of aliphatic carboxylic acids is 1. The van der Waals surface area contributed by atoms with E-state index in [9.17, 15) is 28.3 Å². The SMILES string of the molecule is CC(C)C(C(=O)O)N(N1CCN(c2ccc(C#Cc3ccc4[nH]c(=O)n(OCc5ccccc5)c(=O)c4c3)cc2)CC1)S(=O)O. The molecule has 1 saturated heterocycles. The average molecular weight is 632 g/mol. The number of hydrogen-bond donors (Lipinski definition) is 3. The number of carbonyl (C=O) groups is 1. The fraction of sp³-hybridized carbons (Fsp3) is 0.281. The summed E-state index contributed by atoms with van der Waals surface area (Å²) >= 11 is -2.47. The molecule has 234 valence electrons. The van der Waals surface area contributed by atoms with E-state index in [0.29, 0.717) is 37.3 Å². The second-order valence-electron chi connectivity index (χ2n) is 10.8. The van der Waals surface area contributed by atoms with E-state index in [1.165, 1.54) is 0 Å². The summed E-state index contributed by atoms with van der Waals surface area (Å²) in [5.41, 5.74) is 2.26. The summed E-state index contributed by atoms with van der Waals surface area (Å²) in [4.78, 5) is 47.6. The van der Waals surface area contributed by atoms with Gasteiger partial charge >= 0.3 is 11.7 Å². The third kappa shape index (κ3) is 7.33. The number of H-pyrrole nitrogens is 1. The number of nitrogens with one attached hydrogen (secondary N) is 1. The zero-order valence-electron chi connectivity index (χ0n) is 24.8. The minimum Gasteiger partial charge on any atom is -0.480 e. The number of anilines is 1. The van der Waals surface area contributed by atoms with Crippen molar-refractivity contribution in [1.82, 2.24) is 19.1 Å². The molecule has 4 aromatic rings. The third-order valence-electron chi connectivity index (χ3n) is 7.46. The number of carboxylic acid groups (broad SMARTS) is 1. The van der Waals surface area contributed by atoms with Gasteiger partial charge in [-0.1, -0.05) is 60.8 Å². The Kier molecular flexibility index (Phi) is 9.80. The highest BCUT2D eigenvalue weighted by Crippen LogP contribution is 2.22. The molecule has 0 amide bonds. The molecule has 2 heterocycles. The van der Waals surface area contributed by atoms with Crippen LogP contribution in [0, 0.1) is 17.8 Å². The Labute approximate surface area is 261 Å². The standard InChI is InChI=1S/C32H33N5O7S/c1-22(2)29(31(39)40)37(45(42)43)35-18-16-34(17-19-35)26-13-10-23(11-14-26)8-9-24-12-15-28-27(20-24)30(38)36(32(41)33-28)44-21-25-6-4-3-5-7-25/h3-7,10-15,20,22,29H,16-19,21H2,1-2H3,(H,33,41)(H,39,40)(H,42,43). The van der Waals surface area contributed by atoms with Gasteiger partial charge in [-0.05, 0) is 53.9 Å². The Bertz CT molecular complexity index is 1870. The predicted molar refractivity (Wildman–Crippen MR) is 171 cm³/mol. The highest BCUT2D eigenvalue weighted by atomic mass is 32.2. The first kappa shape index (κ1) is 31.7. The first-order chi connectivity index (χ1) is 21.6. The number of rotatable bonds is 9. The summed E-state index contributed by atoms with van der Waals surface area (Å²) in [7, 11) is 0. The second kappa shape index (κ2) is 13.9. The molecule has 0 bridgehead atoms. The van der Waals surface area contributed by atoms with E-state index in [4.69, 9.17) is 4.84 Å². The molecule has 0 saturated carbocycles. The lowest BCUT2D eigenvalue weighted by molar-refractivity contribution is -0.148. The lowest BCUT2D eigenvalue weighted by Gasteiger charge is -2.42. The normalized spacial score (nSPS) is 15.1. The van der Waals surface area contributed by atoms with Crippen molar-refractivity contribution in [2.24, 2.45) is 5.92 Å². The van der Waals surface area contributed by atoms with Gasteiger partial charge in [0.15, 0.2) is 0 Å². The van der Waals surface area contributed by atoms with Crippen molar-refractivity contribution in [2.75, 3.05) is 31.1 Å². The number of carboxylic acids is 1. The maximum atomic E-state index is 13.1. The zero-order valence-corrected chi connectivity index (χ0v) is 25.6. The molecule has 1 fully saturated rings. The summed E-state index contributed by atoms with van der Waals surface area (Å²) in [6.45, 7) is 5.32. The van der Waals surface area contributed by atoms with Gasteiger partial charge in [-0.25, -0.2) is 14.0 Å². The quantitative estimate of drug-likeness (QED) is 0.187. The molecule has 2 atom stereocenters. The number of fused-ring (bicyclic) bond motifs is 1. The van der Waals surface area contributed by atoms with Crippen LogP contribution in [0.25, 0.3) is 10.9 Å². The van der Waals surface area contributed by atoms with Gasteiger partial charge in [-0.3, -0.25) is 14.1 Å². The molecule has 3 N–H and O–H groups in total. The Balaban J connectivity index is 1.26. The monoisotopic (exact) mass is 631 g/mol. The van der Waals surface area contributed by atoms with Crippen molar-refractivity contribution in [3.8, 4) is 11.8 Å². The van der Waals surface area contributed by atoms with Crippen LogP contribution in [0.1, 0.15) is 30.5 Å². The van der Waals surface area contributed by atoms with Crippen LogP contribution in [0.4, 0.5) is 5.69 Å². The maximum Gasteiger partial charge on any atom is 0.362 e. The Morgan fingerprint density at radius 3 is 2.24 bits per heavy atom. The highest BCUT2D eigenvalue weighted by molar-refractivity contribution is 7.76. The van der Waals surface area contributed by atoms with Crippen LogP contribution in [-0.2, 0) is 22.7 Å². The molecule has 1 aromatic heterocycles. The van der Waals surface area contributed by atoms with Crippen molar-refractivity contribution in [2.45, 2.75) is 26.5 Å². The number of nitrogens with zero attached hydrogens (tertiary/aromatic N) is 4. The zero-order chi connectivity index (χ0) is 32.1. The second-order valence-corrected chi connectivity index (χ2v) is 11.7. The first-order valence-electron chi connectivity index (χ1n) is 14.3. The molecular formula is C32H33N5O7S. The van der Waals surface area contributed by atoms with E-state index in [1.807, 2.05) is 54.6 Å². The molecule has 2 unspecified atom stereocenters. The number of piperazine rings is 1. The Morgan fingerprint density at radius 1 is 0.978 bits per heavy atom. The van der Waals surface area contributed by atoms with Crippen LogP contribution < -0.4 is 21.0 Å². The average Bonchev–Trinajstić information content (AvgIpc) is 3.03. The van der Waals surface area contributed by atoms with Gasteiger partial charge in [-0.2, -0.15) is 0 Å². The molecule has 1 aliphatic heterocycles. The summed E-state index contributed by atoms with van der Waals surface area (Å²) in [6.07, 6.45) is 0. The molecule has 0 aliphatic carbocycles. The summed E-state index contributed by atoms with van der Waals surface area (Å²) in [5, 5.41) is 11.5. The molecule has 13 heteroatoms. The van der Waals surface area contributed by atoms with E-state index in [-0.39, 0.29) is 17.9 Å². The van der Waals surface area contributed by atoms with E-state index in [2.05, 4.69) is 21.7 Å². The third-order valence-corrected chi connectivity index (χ3v) is 8.24. The smallest absolute Gasteiger partial charge is 0.362 e. The minimum atomic E-state index is -2.47. The van der Waals surface area contributed by atoms with Crippen LogP contribution in [0.2, 0.25) is 0 Å². The number of hydrogen-bond acceptors (Lipinski definition) is 7. The fourth-order valence-corrected chi connectivity index (χ4v) is 6.05. The molecular weight excluding hydrogens is 598 g/mol. The van der Waals surface area contributed by atoms with Crippen molar-refractivity contribution >= 4 is 33.8 Å². The summed E-state index contributed by atoms with van der Waals surface area (Å²) < 4.78 is 23.7. The number of aromatic nitrogens is 2. The van der Waals surface area contributed by atoms with Crippen LogP contribution in [-0.4, -0.2) is 71.2 Å². The number of benzene rings is 3. The summed E-state index contributed by atoms with van der Waals surface area (Å²) in [5.74, 6) is 4.67. The molecule has 45 heavy (non-hydrogen) atoms. The van der Waals surface area contributed by atoms with E-state index in [1.54, 1.807) is 37.1 Å². The first-order valence-corrected chi connectivity index (χ1v) is 15.4. The van der Waals surface area contributed by atoms with Crippen LogP contribution >= 0.6 is 0 Å². The molecule has 3 aromatic carbocycles. The minimum absolute atomic E-state index is 0.0614. The van der Waals surface area contributed by atoms with E-state index < -0.39 is 34.5 Å². The van der Waals surface area contributed by atoms with Crippen molar-refractivity contribution in [3.63, 3.8) is 0 Å². The van der Waals surface area contributed by atoms with Gasteiger partial charge in [0, 0.05) is 43.0 Å². The van der Waals surface area contributed by atoms with Crippen molar-refractivity contribution in [3.05, 3.63) is 110 Å². The van der Waals surface area contributed by atoms with Gasteiger partial charge in [0.2, 0.25) is 11.3 Å². The molecule has 0 spiro atoms. The van der Waals surface area contributed by atoms with E-state index >= 15 is 0 Å². The van der Waals surface area contributed by atoms with Crippen molar-refractivity contribution < 1.29 is 23.5 Å². The van der Waals surface area contributed by atoms with Gasteiger partial charge < -0.3 is 19.8 Å². The molecule has 1 aliphatic rings. The van der Waals surface area contributed by atoms with Crippen molar-refractivity contribution in [1.29, 1.82) is 0 Å². The number of hydrazine groups is 1. The molecule has 0 radical (unpaired) electrons. The predicted octanol–water partition coefficient (Wildman–Crippen LogP) is 2.30. The summed E-state index contributed by atoms with van der Waals surface area (Å²) in [6, 6.07) is 20.7. The lowest BCUT2D eigenvalue weighted by atomic mass is 10.1. The lowest BCUT2D eigenvalue weighted by Crippen LogP contribution is -2.60. The van der Waals surface area contributed by atoms with Gasteiger partial charge in [-0.15, -0.1) is 4.41 Å². The van der Waals surface area contributed by atoms with Crippen LogP contribution in [0.15, 0.2) is 82.4 Å². The van der Waals surface area contributed by atoms with E-state index in [0.717, 1.165) is 26.0 Å². The van der Waals surface area contributed by atoms with Gasteiger partial charge in [0.1, 0.15) is 12.6 Å². The van der Waals surface area contributed by atoms with Crippen LogP contribution in [0.3, 0.4) is 0 Å². The maximum absolute atomic E-state index is 13.1. The van der Waals surface area contributed by atoms with Crippen LogP contribution in [0.5, 0.6) is 0 Å². The highest BCUT2D eigenvalue weighted by Gasteiger charge is 2.38. The molecule has 5 rings (SSSR count). The van der Waals surface area contributed by atoms with Gasteiger partial charge in [0.25, 0.3) is 5.56 Å². The number of aromatic amines is 1. The Morgan fingerprint density at radius 2 is 1.62 bits per heavy atom. The van der Waals surface area contributed by atoms with Gasteiger partial charge in [0.05, 0.1) is 10.9 Å². The molecule has 12 nitrogen and oxygen atoms in total. The topological polar surface area (TPSA) is 148 Å².